The van der Waals surface area contributed by atoms with Crippen LogP contribution < -0.4 is 24.4 Å². The molecule has 9 heteroatoms. The first-order valence-corrected chi connectivity index (χ1v) is 9.51. The number of aromatic amines is 1. The van der Waals surface area contributed by atoms with Crippen molar-refractivity contribution in [2.24, 2.45) is 5.10 Å². The number of benzene rings is 2. The van der Waals surface area contributed by atoms with E-state index in [0.29, 0.717) is 35.1 Å². The van der Waals surface area contributed by atoms with Crippen LogP contribution in [0.5, 0.6) is 23.0 Å². The Hall–Kier alpha value is -4.01. The molecule has 0 aliphatic heterocycles. The molecule has 9 nitrogen and oxygen atoms in total. The Kier molecular flexibility index (Phi) is 7.10. The zero-order chi connectivity index (χ0) is 22.2. The first kappa shape index (κ1) is 21.7. The highest BCUT2D eigenvalue weighted by molar-refractivity contribution is 5.94. The molecule has 1 aromatic heterocycles. The molecule has 0 spiro atoms. The van der Waals surface area contributed by atoms with Crippen LogP contribution in [0.3, 0.4) is 0 Å². The smallest absolute Gasteiger partial charge is 0.289 e. The van der Waals surface area contributed by atoms with Gasteiger partial charge in [0.25, 0.3) is 5.91 Å². The lowest BCUT2D eigenvalue weighted by Gasteiger charge is -2.11. The highest BCUT2D eigenvalue weighted by Gasteiger charge is 2.13. The summed E-state index contributed by atoms with van der Waals surface area (Å²) in [7, 11) is 4.60. The molecule has 1 heterocycles. The van der Waals surface area contributed by atoms with Gasteiger partial charge in [0, 0.05) is 17.2 Å². The minimum absolute atomic E-state index is 0.272. The summed E-state index contributed by atoms with van der Waals surface area (Å²) in [6.07, 6.45) is 1.46. The number of hydrogen-bond acceptors (Lipinski definition) is 7. The maximum absolute atomic E-state index is 12.4. The van der Waals surface area contributed by atoms with Crippen molar-refractivity contribution in [2.45, 2.75) is 6.92 Å². The summed E-state index contributed by atoms with van der Waals surface area (Å²) in [5.41, 5.74) is 4.81. The fourth-order valence-corrected chi connectivity index (χ4v) is 2.87. The SMILES string of the molecule is CCOc1cccc(-c2cc(C(=O)NN=Cc3cc(OC)c(OC)cc3OC)[nH]n2)c1. The predicted octanol–water partition coefficient (Wildman–Crippen LogP) is 3.27. The number of hydrazone groups is 1. The second-order valence-corrected chi connectivity index (χ2v) is 6.28. The van der Waals surface area contributed by atoms with Crippen LogP contribution in [0.4, 0.5) is 0 Å². The minimum Gasteiger partial charge on any atom is -0.496 e. The first-order chi connectivity index (χ1) is 15.1. The molecule has 0 saturated carbocycles. The summed E-state index contributed by atoms with van der Waals surface area (Å²) >= 11 is 0. The van der Waals surface area contributed by atoms with E-state index >= 15 is 0 Å². The summed E-state index contributed by atoms with van der Waals surface area (Å²) in [6, 6.07) is 12.5. The van der Waals surface area contributed by atoms with Crippen LogP contribution in [0.2, 0.25) is 0 Å². The normalized spacial score (nSPS) is 10.7. The van der Waals surface area contributed by atoms with E-state index in [1.54, 1.807) is 18.2 Å². The number of carbonyl (C=O) groups excluding carboxylic acids is 1. The molecule has 3 rings (SSSR count). The third-order valence-electron chi connectivity index (χ3n) is 4.37. The van der Waals surface area contributed by atoms with Gasteiger partial charge in [-0.2, -0.15) is 10.2 Å². The van der Waals surface area contributed by atoms with Gasteiger partial charge in [-0.1, -0.05) is 12.1 Å². The van der Waals surface area contributed by atoms with Gasteiger partial charge in [-0.25, -0.2) is 5.43 Å². The number of nitrogens with zero attached hydrogens (tertiary/aromatic N) is 2. The van der Waals surface area contributed by atoms with Crippen LogP contribution in [0.1, 0.15) is 23.0 Å². The highest BCUT2D eigenvalue weighted by atomic mass is 16.5. The van der Waals surface area contributed by atoms with Crippen molar-refractivity contribution < 1.29 is 23.7 Å². The number of ether oxygens (including phenoxy) is 4. The number of rotatable bonds is 9. The van der Waals surface area contributed by atoms with E-state index in [9.17, 15) is 4.79 Å². The standard InChI is InChI=1S/C22H24N4O5/c1-5-31-16-8-6-7-14(9-16)17-11-18(25-24-17)22(27)26-23-13-15-10-20(29-3)21(30-4)12-19(15)28-2/h6-13H,5H2,1-4H3,(H,24,25)(H,26,27). The number of nitrogens with one attached hydrogen (secondary N) is 2. The fourth-order valence-electron chi connectivity index (χ4n) is 2.87. The molecule has 1 amide bonds. The van der Waals surface area contributed by atoms with E-state index in [0.717, 1.165) is 11.3 Å². The van der Waals surface area contributed by atoms with Gasteiger partial charge in [0.15, 0.2) is 11.5 Å². The van der Waals surface area contributed by atoms with Crippen molar-refractivity contribution in [3.05, 3.63) is 53.7 Å². The Morgan fingerprint density at radius 1 is 1.06 bits per heavy atom. The Labute approximate surface area is 180 Å². The Balaban J connectivity index is 1.72. The predicted molar refractivity (Wildman–Crippen MR) is 116 cm³/mol. The summed E-state index contributed by atoms with van der Waals surface area (Å²) in [5, 5.41) is 10.9. The van der Waals surface area contributed by atoms with Gasteiger partial charge in [-0.3, -0.25) is 9.89 Å². The molecule has 0 saturated heterocycles. The van der Waals surface area contributed by atoms with Gasteiger partial charge in [-0.05, 0) is 31.2 Å². The molecule has 0 radical (unpaired) electrons. The number of H-pyrrole nitrogens is 1. The van der Waals surface area contributed by atoms with Gasteiger partial charge in [0.1, 0.15) is 17.2 Å². The Bertz CT molecular complexity index is 1080. The van der Waals surface area contributed by atoms with Crippen LogP contribution in [0.15, 0.2) is 47.6 Å². The first-order valence-electron chi connectivity index (χ1n) is 9.51. The van der Waals surface area contributed by atoms with E-state index in [4.69, 9.17) is 18.9 Å². The summed E-state index contributed by atoms with van der Waals surface area (Å²) < 4.78 is 21.4. The van der Waals surface area contributed by atoms with E-state index in [2.05, 4.69) is 20.7 Å². The fraction of sp³-hybridized carbons (Fsp3) is 0.227. The molecule has 2 N–H and O–H groups in total. The van der Waals surface area contributed by atoms with E-state index in [-0.39, 0.29) is 5.69 Å². The van der Waals surface area contributed by atoms with Crippen LogP contribution in [0.25, 0.3) is 11.3 Å². The van der Waals surface area contributed by atoms with Crippen LogP contribution in [0, 0.1) is 0 Å². The molecular formula is C22H24N4O5. The molecule has 0 aliphatic rings. The highest BCUT2D eigenvalue weighted by Crippen LogP contribution is 2.33. The molecule has 2 aromatic carbocycles. The quantitative estimate of drug-likeness (QED) is 0.403. The largest absolute Gasteiger partial charge is 0.496 e. The number of aromatic nitrogens is 2. The molecule has 162 valence electrons. The Morgan fingerprint density at radius 2 is 1.81 bits per heavy atom. The number of amides is 1. The molecule has 0 atom stereocenters. The summed E-state index contributed by atoms with van der Waals surface area (Å²) in [4.78, 5) is 12.4. The number of methoxy groups -OCH3 is 3. The summed E-state index contributed by atoms with van der Waals surface area (Å²) in [6.45, 7) is 2.49. The second-order valence-electron chi connectivity index (χ2n) is 6.28. The average Bonchev–Trinajstić information content (AvgIpc) is 3.29. The van der Waals surface area contributed by atoms with Crippen molar-refractivity contribution in [2.75, 3.05) is 27.9 Å². The molecule has 31 heavy (non-hydrogen) atoms. The maximum atomic E-state index is 12.4. The molecule has 0 aliphatic carbocycles. The minimum atomic E-state index is -0.435. The monoisotopic (exact) mass is 424 g/mol. The van der Waals surface area contributed by atoms with Gasteiger partial charge < -0.3 is 18.9 Å². The lowest BCUT2D eigenvalue weighted by Crippen LogP contribution is -2.18. The zero-order valence-electron chi connectivity index (χ0n) is 17.8. The molecule has 0 fully saturated rings. The van der Waals surface area contributed by atoms with Crippen LogP contribution in [-0.2, 0) is 0 Å². The topological polar surface area (TPSA) is 107 Å². The van der Waals surface area contributed by atoms with E-state index < -0.39 is 5.91 Å². The number of hydrogen-bond donors (Lipinski definition) is 2. The van der Waals surface area contributed by atoms with Gasteiger partial charge in [0.05, 0.1) is 39.8 Å². The van der Waals surface area contributed by atoms with Crippen molar-refractivity contribution in [3.63, 3.8) is 0 Å². The van der Waals surface area contributed by atoms with Gasteiger partial charge in [0.2, 0.25) is 0 Å². The lowest BCUT2D eigenvalue weighted by atomic mass is 10.1. The maximum Gasteiger partial charge on any atom is 0.289 e. The molecular weight excluding hydrogens is 400 g/mol. The third kappa shape index (κ3) is 5.13. The number of carbonyl (C=O) groups is 1. The van der Waals surface area contributed by atoms with Crippen molar-refractivity contribution >= 4 is 12.1 Å². The van der Waals surface area contributed by atoms with Crippen molar-refractivity contribution in [3.8, 4) is 34.3 Å². The molecule has 0 unspecified atom stereocenters. The second kappa shape index (κ2) is 10.1. The summed E-state index contributed by atoms with van der Waals surface area (Å²) in [5.74, 6) is 1.87. The van der Waals surface area contributed by atoms with E-state index in [1.165, 1.54) is 27.5 Å². The molecule has 3 aromatic rings. The van der Waals surface area contributed by atoms with Crippen LogP contribution >= 0.6 is 0 Å². The lowest BCUT2D eigenvalue weighted by molar-refractivity contribution is 0.0950. The third-order valence-corrected chi connectivity index (χ3v) is 4.37. The average molecular weight is 424 g/mol. The van der Waals surface area contributed by atoms with E-state index in [1.807, 2.05) is 31.2 Å². The van der Waals surface area contributed by atoms with Crippen molar-refractivity contribution in [1.82, 2.24) is 15.6 Å². The van der Waals surface area contributed by atoms with Crippen molar-refractivity contribution in [1.29, 1.82) is 0 Å². The van der Waals surface area contributed by atoms with Crippen LogP contribution in [-0.4, -0.2) is 50.3 Å². The zero-order valence-corrected chi connectivity index (χ0v) is 17.8. The Morgan fingerprint density at radius 3 is 2.52 bits per heavy atom. The van der Waals surface area contributed by atoms with Gasteiger partial charge in [-0.15, -0.1) is 0 Å². The van der Waals surface area contributed by atoms with Gasteiger partial charge >= 0.3 is 0 Å². The molecule has 0 bridgehead atoms.